The van der Waals surface area contributed by atoms with E-state index in [0.717, 1.165) is 11.3 Å². The second kappa shape index (κ2) is 5.54. The average molecular weight is 222 g/mol. The summed E-state index contributed by atoms with van der Waals surface area (Å²) in [7, 11) is 0. The van der Waals surface area contributed by atoms with Crippen LogP contribution in [0.25, 0.3) is 0 Å². The van der Waals surface area contributed by atoms with Crippen LogP contribution >= 0.6 is 0 Å². The van der Waals surface area contributed by atoms with E-state index in [1.165, 1.54) is 0 Å². The minimum absolute atomic E-state index is 0.489. The van der Waals surface area contributed by atoms with Gasteiger partial charge in [-0.15, -0.1) is 0 Å². The van der Waals surface area contributed by atoms with Gasteiger partial charge in [0.05, 0.1) is 6.61 Å². The standard InChI is InChI=1S/C13H18O3/c1-4-15-12-8-6-5-7-11(12)9-13(2,3)16-10-14/h5-8,10H,4,9H2,1-3H3. The molecule has 0 spiro atoms. The summed E-state index contributed by atoms with van der Waals surface area (Å²) in [5.41, 5.74) is 0.547. The summed E-state index contributed by atoms with van der Waals surface area (Å²) in [6, 6.07) is 7.80. The molecule has 0 aliphatic heterocycles. The van der Waals surface area contributed by atoms with Crippen LogP contribution in [0.3, 0.4) is 0 Å². The van der Waals surface area contributed by atoms with Crippen molar-refractivity contribution >= 4 is 6.47 Å². The van der Waals surface area contributed by atoms with Gasteiger partial charge in [-0.3, -0.25) is 4.79 Å². The molecule has 0 unspecified atom stereocenters. The average Bonchev–Trinajstić information content (AvgIpc) is 2.20. The van der Waals surface area contributed by atoms with Crippen molar-refractivity contribution in [1.29, 1.82) is 0 Å². The summed E-state index contributed by atoms with van der Waals surface area (Å²) in [4.78, 5) is 10.4. The van der Waals surface area contributed by atoms with Crippen molar-refractivity contribution in [2.24, 2.45) is 0 Å². The van der Waals surface area contributed by atoms with Crippen LogP contribution in [-0.4, -0.2) is 18.7 Å². The smallest absolute Gasteiger partial charge is 0.293 e. The van der Waals surface area contributed by atoms with Gasteiger partial charge in [0.1, 0.15) is 11.4 Å². The van der Waals surface area contributed by atoms with Crippen molar-refractivity contribution in [2.75, 3.05) is 6.61 Å². The van der Waals surface area contributed by atoms with E-state index in [-0.39, 0.29) is 0 Å². The Balaban J connectivity index is 2.83. The highest BCUT2D eigenvalue weighted by atomic mass is 16.5. The lowest BCUT2D eigenvalue weighted by Crippen LogP contribution is -2.27. The SMILES string of the molecule is CCOc1ccccc1CC(C)(C)OC=O. The van der Waals surface area contributed by atoms with Gasteiger partial charge in [-0.25, -0.2) is 0 Å². The molecular weight excluding hydrogens is 204 g/mol. The summed E-state index contributed by atoms with van der Waals surface area (Å²) in [6.07, 6.45) is 0.641. The van der Waals surface area contributed by atoms with Gasteiger partial charge in [0.2, 0.25) is 0 Å². The van der Waals surface area contributed by atoms with Crippen molar-refractivity contribution in [1.82, 2.24) is 0 Å². The van der Waals surface area contributed by atoms with Crippen LogP contribution in [0.2, 0.25) is 0 Å². The molecular formula is C13H18O3. The van der Waals surface area contributed by atoms with Crippen LogP contribution in [0.4, 0.5) is 0 Å². The van der Waals surface area contributed by atoms with Crippen molar-refractivity contribution in [3.63, 3.8) is 0 Å². The molecule has 1 aromatic rings. The van der Waals surface area contributed by atoms with Gasteiger partial charge >= 0.3 is 0 Å². The predicted molar refractivity (Wildman–Crippen MR) is 62.5 cm³/mol. The molecule has 16 heavy (non-hydrogen) atoms. The van der Waals surface area contributed by atoms with Crippen molar-refractivity contribution in [3.05, 3.63) is 29.8 Å². The lowest BCUT2D eigenvalue weighted by Gasteiger charge is -2.23. The molecule has 0 aromatic heterocycles. The van der Waals surface area contributed by atoms with E-state index in [0.29, 0.717) is 19.5 Å². The molecule has 0 amide bonds. The highest BCUT2D eigenvalue weighted by molar-refractivity contribution is 5.39. The second-order valence-corrected chi connectivity index (χ2v) is 4.19. The van der Waals surface area contributed by atoms with Crippen molar-refractivity contribution < 1.29 is 14.3 Å². The van der Waals surface area contributed by atoms with Gasteiger partial charge in [-0.1, -0.05) is 18.2 Å². The molecule has 0 radical (unpaired) electrons. The van der Waals surface area contributed by atoms with Crippen LogP contribution in [0, 0.1) is 0 Å². The molecule has 0 fully saturated rings. The van der Waals surface area contributed by atoms with Gasteiger partial charge in [0, 0.05) is 6.42 Å². The molecule has 0 heterocycles. The Hall–Kier alpha value is -1.51. The zero-order chi connectivity index (χ0) is 12.0. The van der Waals surface area contributed by atoms with Crippen LogP contribution < -0.4 is 4.74 Å². The quantitative estimate of drug-likeness (QED) is 0.694. The molecule has 0 aliphatic carbocycles. The fourth-order valence-electron chi connectivity index (χ4n) is 1.58. The topological polar surface area (TPSA) is 35.5 Å². The Bertz CT molecular complexity index is 345. The Labute approximate surface area is 96.4 Å². The number of benzene rings is 1. The van der Waals surface area contributed by atoms with E-state index in [4.69, 9.17) is 9.47 Å². The van der Waals surface area contributed by atoms with E-state index < -0.39 is 5.60 Å². The molecule has 0 saturated heterocycles. The third-order valence-corrected chi connectivity index (χ3v) is 2.26. The van der Waals surface area contributed by atoms with E-state index in [1.54, 1.807) is 0 Å². The zero-order valence-electron chi connectivity index (χ0n) is 10.0. The Morgan fingerprint density at radius 3 is 2.62 bits per heavy atom. The summed E-state index contributed by atoms with van der Waals surface area (Å²) < 4.78 is 10.5. The normalized spacial score (nSPS) is 10.9. The number of hydrogen-bond donors (Lipinski definition) is 0. The first kappa shape index (κ1) is 12.6. The molecule has 0 bridgehead atoms. The molecule has 0 atom stereocenters. The summed E-state index contributed by atoms with van der Waals surface area (Å²) in [5.74, 6) is 0.854. The van der Waals surface area contributed by atoms with Crippen LogP contribution in [0.15, 0.2) is 24.3 Å². The van der Waals surface area contributed by atoms with Gasteiger partial charge in [0.15, 0.2) is 0 Å². The molecule has 0 N–H and O–H groups in total. The lowest BCUT2D eigenvalue weighted by atomic mass is 9.98. The minimum atomic E-state index is -0.505. The Morgan fingerprint density at radius 2 is 2.00 bits per heavy atom. The Kier molecular flexibility index (Phi) is 4.35. The van der Waals surface area contributed by atoms with E-state index in [1.807, 2.05) is 45.0 Å². The summed E-state index contributed by atoms with van der Waals surface area (Å²) in [5, 5.41) is 0. The third kappa shape index (κ3) is 3.57. The van der Waals surface area contributed by atoms with Crippen LogP contribution in [0.5, 0.6) is 5.75 Å². The number of hydrogen-bond acceptors (Lipinski definition) is 3. The molecule has 0 aliphatic rings. The lowest BCUT2D eigenvalue weighted by molar-refractivity contribution is -0.140. The molecule has 1 aromatic carbocycles. The number of carbonyl (C=O) groups excluding carboxylic acids is 1. The number of para-hydroxylation sites is 1. The maximum Gasteiger partial charge on any atom is 0.293 e. The number of ether oxygens (including phenoxy) is 2. The largest absolute Gasteiger partial charge is 0.494 e. The van der Waals surface area contributed by atoms with E-state index in [9.17, 15) is 4.79 Å². The van der Waals surface area contributed by atoms with Gasteiger partial charge in [-0.05, 0) is 32.4 Å². The first-order valence-corrected chi connectivity index (χ1v) is 5.41. The van der Waals surface area contributed by atoms with Crippen LogP contribution in [-0.2, 0) is 16.0 Å². The van der Waals surface area contributed by atoms with Crippen molar-refractivity contribution in [3.8, 4) is 5.75 Å². The maximum atomic E-state index is 10.4. The Morgan fingerprint density at radius 1 is 1.31 bits per heavy atom. The molecule has 3 nitrogen and oxygen atoms in total. The molecule has 3 heteroatoms. The predicted octanol–water partition coefficient (Wildman–Crippen LogP) is 2.58. The number of carbonyl (C=O) groups is 1. The van der Waals surface area contributed by atoms with Crippen LogP contribution in [0.1, 0.15) is 26.3 Å². The fourth-order valence-corrected chi connectivity index (χ4v) is 1.58. The molecule has 88 valence electrons. The first-order chi connectivity index (χ1) is 7.59. The van der Waals surface area contributed by atoms with Gasteiger partial charge < -0.3 is 9.47 Å². The zero-order valence-corrected chi connectivity index (χ0v) is 10.0. The fraction of sp³-hybridized carbons (Fsp3) is 0.462. The first-order valence-electron chi connectivity index (χ1n) is 5.41. The van der Waals surface area contributed by atoms with E-state index in [2.05, 4.69) is 0 Å². The van der Waals surface area contributed by atoms with Gasteiger partial charge in [-0.2, -0.15) is 0 Å². The number of rotatable bonds is 6. The van der Waals surface area contributed by atoms with Gasteiger partial charge in [0.25, 0.3) is 6.47 Å². The minimum Gasteiger partial charge on any atom is -0.494 e. The molecule has 0 saturated carbocycles. The maximum absolute atomic E-state index is 10.4. The highest BCUT2D eigenvalue weighted by Gasteiger charge is 2.21. The van der Waals surface area contributed by atoms with E-state index >= 15 is 0 Å². The highest BCUT2D eigenvalue weighted by Crippen LogP contribution is 2.24. The summed E-state index contributed by atoms with van der Waals surface area (Å²) in [6.45, 7) is 6.83. The second-order valence-electron chi connectivity index (χ2n) is 4.19. The van der Waals surface area contributed by atoms with Crippen molar-refractivity contribution in [2.45, 2.75) is 32.8 Å². The summed E-state index contributed by atoms with van der Waals surface area (Å²) >= 11 is 0. The monoisotopic (exact) mass is 222 g/mol. The third-order valence-electron chi connectivity index (χ3n) is 2.26. The molecule has 1 rings (SSSR count).